The van der Waals surface area contributed by atoms with Crippen LogP contribution in [0.3, 0.4) is 0 Å². The molecule has 6 fully saturated rings. The molecule has 1 aliphatic carbocycles. The molecular weight excluding hydrogens is 905 g/mol. The summed E-state index contributed by atoms with van der Waals surface area (Å²) in [6.45, 7) is 4.75. The molecule has 71 heavy (non-hydrogen) atoms. The number of likely N-dealkylation sites (tertiary alicyclic amines) is 1. The molecule has 3 atom stereocenters. The van der Waals surface area contributed by atoms with Crippen molar-refractivity contribution in [1.29, 1.82) is 0 Å². The van der Waals surface area contributed by atoms with E-state index in [1.807, 2.05) is 21.9 Å². The third-order valence-electron chi connectivity index (χ3n) is 15.9. The molecule has 6 aliphatic heterocycles. The van der Waals surface area contributed by atoms with Gasteiger partial charge in [-0.3, -0.25) is 39.0 Å². The van der Waals surface area contributed by atoms with Crippen molar-refractivity contribution < 1.29 is 38.6 Å². The number of piperazine rings is 2. The molecular formula is C53H64N10O8. The van der Waals surface area contributed by atoms with Gasteiger partial charge >= 0.3 is 0 Å². The number of phenolic OH excluding ortho intramolecular Hbond substituents is 1. The summed E-state index contributed by atoms with van der Waals surface area (Å²) in [7, 11) is 0. The number of phenols is 1. The van der Waals surface area contributed by atoms with Crippen LogP contribution in [0.25, 0.3) is 5.70 Å². The van der Waals surface area contributed by atoms with E-state index in [-0.39, 0.29) is 71.5 Å². The Morgan fingerprint density at radius 2 is 1.39 bits per heavy atom. The third kappa shape index (κ3) is 9.67. The second-order valence-electron chi connectivity index (χ2n) is 20.3. The lowest BCUT2D eigenvalue weighted by Gasteiger charge is -2.44. The van der Waals surface area contributed by atoms with Gasteiger partial charge in [0, 0.05) is 112 Å². The van der Waals surface area contributed by atoms with Crippen LogP contribution < -0.4 is 37.1 Å². The van der Waals surface area contributed by atoms with Crippen molar-refractivity contribution >= 4 is 52.5 Å². The van der Waals surface area contributed by atoms with Crippen LogP contribution >= 0.6 is 0 Å². The maximum Gasteiger partial charge on any atom is 0.262 e. The molecule has 2 bridgehead atoms. The number of para-hydroxylation sites is 1. The van der Waals surface area contributed by atoms with Gasteiger partial charge in [-0.15, -0.1) is 0 Å². The molecule has 374 valence electrons. The molecule has 0 aromatic heterocycles. The van der Waals surface area contributed by atoms with E-state index in [0.29, 0.717) is 81.4 Å². The standard InChI is InChI=1S/C53H64N10O8/c54-43(41-6-1-2-7-46(41)64)29-45(49(55)56)61-30-36-10-11-37(31-61)62(36)35-4-3-5-39(27-35)71-38-13-8-32(9-14-38)26-48(66)59-22-24-60(25-23-59)51(68)33-18-20-58(21-19-33)34-12-15-40-42(28-34)53(70)63(52(40)69)44-16-17-47(65)57-50(44)67/h1-7,12,15,27-29,32-33,36-38,44,64H,8-11,13-14,16-26,30-31,54-56H2,(H,57,65,67)/b43-29-/t32-,36?,37?,38+,44?. The van der Waals surface area contributed by atoms with Gasteiger partial charge in [-0.1, -0.05) is 18.2 Å². The number of nitrogens with one attached hydrogen (secondary N) is 1. The average molecular weight is 969 g/mol. The first-order valence-electron chi connectivity index (χ1n) is 25.3. The molecule has 3 aromatic rings. The van der Waals surface area contributed by atoms with Crippen molar-refractivity contribution in [3.8, 4) is 11.5 Å². The Hall–Kier alpha value is -7.24. The number of imide groups is 2. The average Bonchev–Trinajstić information content (AvgIpc) is 3.79. The van der Waals surface area contributed by atoms with E-state index < -0.39 is 29.7 Å². The quantitative estimate of drug-likeness (QED) is 0.137. The van der Waals surface area contributed by atoms with E-state index >= 15 is 0 Å². The molecule has 6 amide bonds. The number of ether oxygens (including phenoxy) is 1. The van der Waals surface area contributed by atoms with Gasteiger partial charge in [0.05, 0.1) is 22.9 Å². The molecule has 3 unspecified atom stereocenters. The van der Waals surface area contributed by atoms with Crippen LogP contribution in [0.1, 0.15) is 96.9 Å². The van der Waals surface area contributed by atoms with Crippen molar-refractivity contribution in [2.75, 3.05) is 62.2 Å². The van der Waals surface area contributed by atoms with E-state index in [4.69, 9.17) is 21.9 Å². The van der Waals surface area contributed by atoms with Crippen LogP contribution in [0.5, 0.6) is 11.5 Å². The SMILES string of the molecule is NC(N)=C(/C=C(\N)c1ccccc1O)N1CC2CCC(C1)N2c1cccc(O[C@H]2CC[C@@H](CC(=O)N3CCN(C(=O)C4CCN(c5ccc6c(c5)C(=O)N(C5CCC(=O)NC5=O)C6=O)CC4)CC3)CC2)c1. The predicted molar refractivity (Wildman–Crippen MR) is 265 cm³/mol. The first kappa shape index (κ1) is 47.4. The fraction of sp³-hybridized carbons (Fsp3) is 0.472. The minimum absolute atomic E-state index is 0.0608. The van der Waals surface area contributed by atoms with Gasteiger partial charge in [0.15, 0.2) is 0 Å². The monoisotopic (exact) mass is 968 g/mol. The highest BCUT2D eigenvalue weighted by atomic mass is 16.5. The molecule has 0 radical (unpaired) electrons. The van der Waals surface area contributed by atoms with Gasteiger partial charge in [0.2, 0.25) is 23.6 Å². The number of anilines is 2. The summed E-state index contributed by atoms with van der Waals surface area (Å²) in [5, 5.41) is 12.6. The number of hydrogen-bond acceptors (Lipinski definition) is 14. The minimum atomic E-state index is -1.02. The normalized spacial score (nSPS) is 25.1. The summed E-state index contributed by atoms with van der Waals surface area (Å²) >= 11 is 0. The van der Waals surface area contributed by atoms with Crippen LogP contribution in [0.2, 0.25) is 0 Å². The van der Waals surface area contributed by atoms with Crippen molar-refractivity contribution in [2.24, 2.45) is 29.0 Å². The van der Waals surface area contributed by atoms with Gasteiger partial charge in [0.1, 0.15) is 23.4 Å². The Balaban J connectivity index is 0.650. The molecule has 1 saturated carbocycles. The number of nitrogens with zero attached hydrogens (tertiary/aromatic N) is 6. The molecule has 0 spiro atoms. The number of rotatable bonds is 11. The van der Waals surface area contributed by atoms with E-state index in [9.17, 15) is 33.9 Å². The predicted octanol–water partition coefficient (Wildman–Crippen LogP) is 3.45. The van der Waals surface area contributed by atoms with Crippen LogP contribution in [0.4, 0.5) is 11.4 Å². The number of allylic oxidation sites excluding steroid dienone is 1. The minimum Gasteiger partial charge on any atom is -0.507 e. The smallest absolute Gasteiger partial charge is 0.262 e. The molecule has 18 nitrogen and oxygen atoms in total. The van der Waals surface area contributed by atoms with E-state index in [0.717, 1.165) is 73.6 Å². The Labute approximate surface area is 413 Å². The second-order valence-corrected chi connectivity index (χ2v) is 20.3. The van der Waals surface area contributed by atoms with Crippen molar-refractivity contribution in [3.05, 3.63) is 101 Å². The number of fused-ring (bicyclic) bond motifs is 3. The molecule has 6 heterocycles. The number of piperidine rings is 2. The highest BCUT2D eigenvalue weighted by Gasteiger charge is 2.45. The lowest BCUT2D eigenvalue weighted by Crippen LogP contribution is -2.54. The summed E-state index contributed by atoms with van der Waals surface area (Å²) in [6, 6.07) is 19.9. The molecule has 5 saturated heterocycles. The first-order valence-corrected chi connectivity index (χ1v) is 25.3. The third-order valence-corrected chi connectivity index (χ3v) is 15.9. The zero-order chi connectivity index (χ0) is 49.5. The van der Waals surface area contributed by atoms with Crippen LogP contribution in [-0.4, -0.2) is 137 Å². The number of aromatic hydroxyl groups is 1. The van der Waals surface area contributed by atoms with Gasteiger partial charge < -0.3 is 51.5 Å². The summed E-state index contributed by atoms with van der Waals surface area (Å²) in [5.41, 5.74) is 22.8. The summed E-state index contributed by atoms with van der Waals surface area (Å²) < 4.78 is 6.60. The van der Waals surface area contributed by atoms with Gasteiger partial charge in [-0.25, -0.2) is 0 Å². The highest BCUT2D eigenvalue weighted by molar-refractivity contribution is 6.23. The Morgan fingerprint density at radius 3 is 2.08 bits per heavy atom. The van der Waals surface area contributed by atoms with Crippen LogP contribution in [-0.2, 0) is 19.2 Å². The second kappa shape index (κ2) is 19.9. The topological polar surface area (TPSA) is 241 Å². The van der Waals surface area contributed by atoms with E-state index in [1.165, 1.54) is 0 Å². The first-order chi connectivity index (χ1) is 34.3. The summed E-state index contributed by atoms with van der Waals surface area (Å²) in [4.78, 5) is 89.6. The number of carbonyl (C=O) groups is 6. The number of benzene rings is 3. The maximum absolute atomic E-state index is 13.7. The Morgan fingerprint density at radius 1 is 0.704 bits per heavy atom. The molecule has 10 rings (SSSR count). The Kier molecular flexibility index (Phi) is 13.3. The van der Waals surface area contributed by atoms with Gasteiger partial charge in [-0.05, 0) is 112 Å². The van der Waals surface area contributed by atoms with Gasteiger partial charge in [0.25, 0.3) is 11.8 Å². The van der Waals surface area contributed by atoms with Crippen molar-refractivity contribution in [3.63, 3.8) is 0 Å². The molecule has 18 heteroatoms. The van der Waals surface area contributed by atoms with E-state index in [2.05, 4.69) is 38.2 Å². The fourth-order valence-corrected chi connectivity index (χ4v) is 12.0. The lowest BCUT2D eigenvalue weighted by molar-refractivity contribution is -0.143. The summed E-state index contributed by atoms with van der Waals surface area (Å²) in [6.07, 6.45) is 9.47. The lowest BCUT2D eigenvalue weighted by atomic mass is 9.85. The van der Waals surface area contributed by atoms with Crippen molar-refractivity contribution in [2.45, 2.75) is 94.9 Å². The largest absolute Gasteiger partial charge is 0.507 e. The number of carbonyl (C=O) groups excluding carboxylic acids is 6. The van der Waals surface area contributed by atoms with Crippen LogP contribution in [0.15, 0.2) is 84.3 Å². The zero-order valence-electron chi connectivity index (χ0n) is 40.0. The number of hydrogen-bond donors (Lipinski definition) is 5. The van der Waals surface area contributed by atoms with E-state index in [1.54, 1.807) is 42.5 Å². The van der Waals surface area contributed by atoms with Gasteiger partial charge in [-0.2, -0.15) is 0 Å². The zero-order valence-corrected chi connectivity index (χ0v) is 40.0. The maximum atomic E-state index is 13.7. The summed E-state index contributed by atoms with van der Waals surface area (Å²) in [5.74, 6) is -0.572. The number of nitrogens with two attached hydrogens (primary N) is 3. The molecule has 3 aromatic carbocycles. The highest BCUT2D eigenvalue weighted by Crippen LogP contribution is 2.39. The fourth-order valence-electron chi connectivity index (χ4n) is 12.0. The Bertz CT molecular complexity index is 2650. The van der Waals surface area contributed by atoms with Crippen LogP contribution in [0, 0.1) is 11.8 Å². The molecule has 8 N–H and O–H groups in total. The van der Waals surface area contributed by atoms with Crippen molar-refractivity contribution in [1.82, 2.24) is 24.9 Å². The number of amides is 6. The molecule has 7 aliphatic rings.